The number of nitrogens with zero attached hydrogens (tertiary/aromatic N) is 3. The van der Waals surface area contributed by atoms with Crippen LogP contribution in [0.4, 0.5) is 0 Å². The van der Waals surface area contributed by atoms with Crippen molar-refractivity contribution in [2.45, 2.75) is 13.0 Å². The van der Waals surface area contributed by atoms with Crippen molar-refractivity contribution in [1.82, 2.24) is 14.5 Å². The number of halogens is 1. The second-order valence-corrected chi connectivity index (χ2v) is 7.84. The van der Waals surface area contributed by atoms with E-state index in [1.165, 1.54) is 11.3 Å². The highest BCUT2D eigenvalue weighted by atomic mass is 79.9. The Morgan fingerprint density at radius 2 is 2.16 bits per heavy atom. The number of carbonyl (C=O) groups excluding carboxylic acids is 1. The Morgan fingerprint density at radius 3 is 2.96 bits per heavy atom. The third kappa shape index (κ3) is 3.01. The van der Waals surface area contributed by atoms with E-state index in [1.54, 1.807) is 10.8 Å². The van der Waals surface area contributed by atoms with Gasteiger partial charge in [0.2, 0.25) is 0 Å². The molecule has 1 aliphatic rings. The van der Waals surface area contributed by atoms with Gasteiger partial charge in [-0.05, 0) is 18.2 Å². The molecule has 1 N–H and O–H groups in total. The Kier molecular flexibility index (Phi) is 4.18. The van der Waals surface area contributed by atoms with Crippen LogP contribution in [0.1, 0.15) is 20.4 Å². The minimum Gasteiger partial charge on any atom is -0.480 e. The van der Waals surface area contributed by atoms with Crippen molar-refractivity contribution in [1.29, 1.82) is 0 Å². The SMILES string of the molecule is O=C(O)CN1CCc2nc(C(=O)n3ccc4c(Br)cccc43)sc2C1. The van der Waals surface area contributed by atoms with Crippen molar-refractivity contribution in [3.63, 3.8) is 0 Å². The normalized spacial score (nSPS) is 14.6. The Bertz CT molecular complexity index is 994. The Morgan fingerprint density at radius 1 is 1.32 bits per heavy atom. The van der Waals surface area contributed by atoms with Crippen LogP contribution in [0.25, 0.3) is 10.9 Å². The van der Waals surface area contributed by atoms with Crippen LogP contribution in [-0.4, -0.2) is 44.5 Å². The van der Waals surface area contributed by atoms with E-state index in [0.29, 0.717) is 24.5 Å². The van der Waals surface area contributed by atoms with Gasteiger partial charge in [0.25, 0.3) is 5.91 Å². The fourth-order valence-corrected chi connectivity index (χ4v) is 4.65. The number of benzene rings is 1. The van der Waals surface area contributed by atoms with Crippen LogP contribution in [0.15, 0.2) is 34.9 Å². The summed E-state index contributed by atoms with van der Waals surface area (Å²) < 4.78 is 2.55. The number of carboxylic acid groups (broad SMARTS) is 1. The van der Waals surface area contributed by atoms with E-state index in [4.69, 9.17) is 5.11 Å². The molecule has 0 aliphatic carbocycles. The van der Waals surface area contributed by atoms with Crippen LogP contribution in [0, 0.1) is 0 Å². The molecule has 3 aromatic rings. The van der Waals surface area contributed by atoms with Crippen LogP contribution in [-0.2, 0) is 17.8 Å². The summed E-state index contributed by atoms with van der Waals surface area (Å²) in [5.41, 5.74) is 1.74. The molecule has 0 radical (unpaired) electrons. The van der Waals surface area contributed by atoms with Gasteiger partial charge in [-0.1, -0.05) is 22.0 Å². The quantitative estimate of drug-likeness (QED) is 0.705. The monoisotopic (exact) mass is 419 g/mol. The molecule has 6 nitrogen and oxygen atoms in total. The van der Waals surface area contributed by atoms with E-state index in [0.717, 1.165) is 25.9 Å². The molecule has 0 amide bonds. The summed E-state index contributed by atoms with van der Waals surface area (Å²) in [5.74, 6) is -0.995. The maximum atomic E-state index is 12.9. The number of aromatic nitrogens is 2. The third-order valence-electron chi connectivity index (χ3n) is 4.25. The summed E-state index contributed by atoms with van der Waals surface area (Å²) in [6.45, 7) is 1.19. The van der Waals surface area contributed by atoms with E-state index in [1.807, 2.05) is 29.2 Å². The standard InChI is InChI=1S/C17H14BrN3O3S/c18-11-2-1-3-13-10(11)4-7-21(13)17(24)16-19-12-5-6-20(9-15(22)23)8-14(12)25-16/h1-4,7H,5-6,8-9H2,(H,22,23). The lowest BCUT2D eigenvalue weighted by Gasteiger charge is -2.23. The largest absolute Gasteiger partial charge is 0.480 e. The molecule has 0 saturated carbocycles. The molecule has 0 unspecified atom stereocenters. The fraction of sp³-hybridized carbons (Fsp3) is 0.235. The number of hydrogen-bond acceptors (Lipinski definition) is 5. The molecule has 128 valence electrons. The molecule has 0 saturated heterocycles. The lowest BCUT2D eigenvalue weighted by Crippen LogP contribution is -2.34. The summed E-state index contributed by atoms with van der Waals surface area (Å²) in [5, 5.41) is 10.4. The molecule has 3 heterocycles. The second-order valence-electron chi connectivity index (χ2n) is 5.91. The summed E-state index contributed by atoms with van der Waals surface area (Å²) in [4.78, 5) is 31.1. The molecule has 8 heteroatoms. The molecule has 0 atom stereocenters. The zero-order valence-corrected chi connectivity index (χ0v) is 15.5. The summed E-state index contributed by atoms with van der Waals surface area (Å²) in [6.07, 6.45) is 2.43. The van der Waals surface area contributed by atoms with Gasteiger partial charge < -0.3 is 5.11 Å². The van der Waals surface area contributed by atoms with E-state index >= 15 is 0 Å². The lowest BCUT2D eigenvalue weighted by atomic mass is 10.2. The van der Waals surface area contributed by atoms with Crippen molar-refractivity contribution < 1.29 is 14.7 Å². The number of rotatable bonds is 3. The lowest BCUT2D eigenvalue weighted by molar-refractivity contribution is -0.138. The Balaban J connectivity index is 1.65. The van der Waals surface area contributed by atoms with E-state index in [-0.39, 0.29) is 12.5 Å². The number of carboxylic acids is 1. The topological polar surface area (TPSA) is 75.4 Å². The number of thiazole rings is 1. The maximum absolute atomic E-state index is 12.9. The first-order valence-corrected chi connectivity index (χ1v) is 9.37. The highest BCUT2D eigenvalue weighted by Gasteiger charge is 2.25. The van der Waals surface area contributed by atoms with Gasteiger partial charge in [0.1, 0.15) is 0 Å². The van der Waals surface area contributed by atoms with Crippen LogP contribution < -0.4 is 0 Å². The molecule has 0 spiro atoms. The number of fused-ring (bicyclic) bond motifs is 2. The van der Waals surface area contributed by atoms with Gasteiger partial charge in [-0.2, -0.15) is 0 Å². The second kappa shape index (κ2) is 6.36. The first-order chi connectivity index (χ1) is 12.0. The fourth-order valence-electron chi connectivity index (χ4n) is 3.08. The van der Waals surface area contributed by atoms with E-state index in [2.05, 4.69) is 20.9 Å². The molecule has 0 bridgehead atoms. The molecule has 1 aliphatic heterocycles. The van der Waals surface area contributed by atoms with Crippen LogP contribution in [0.3, 0.4) is 0 Å². The zero-order chi connectivity index (χ0) is 17.6. The van der Waals surface area contributed by atoms with Crippen molar-refractivity contribution in [2.24, 2.45) is 0 Å². The number of carbonyl (C=O) groups is 2. The van der Waals surface area contributed by atoms with Crippen molar-refractivity contribution in [3.05, 3.63) is 50.5 Å². The first-order valence-electron chi connectivity index (χ1n) is 7.76. The number of aliphatic carboxylic acids is 1. The third-order valence-corrected chi connectivity index (χ3v) is 6.01. The average Bonchev–Trinajstić information content (AvgIpc) is 3.18. The average molecular weight is 420 g/mol. The predicted octanol–water partition coefficient (Wildman–Crippen LogP) is 2.99. The van der Waals surface area contributed by atoms with E-state index < -0.39 is 5.97 Å². The van der Waals surface area contributed by atoms with Gasteiger partial charge in [0.15, 0.2) is 5.01 Å². The van der Waals surface area contributed by atoms with Crippen molar-refractivity contribution in [2.75, 3.05) is 13.1 Å². The van der Waals surface area contributed by atoms with Gasteiger partial charge in [-0.15, -0.1) is 11.3 Å². The highest BCUT2D eigenvalue weighted by Crippen LogP contribution is 2.28. The van der Waals surface area contributed by atoms with Gasteiger partial charge in [0, 0.05) is 40.4 Å². The summed E-state index contributed by atoms with van der Waals surface area (Å²) in [7, 11) is 0. The Labute approximate surface area is 155 Å². The van der Waals surface area contributed by atoms with Crippen molar-refractivity contribution in [3.8, 4) is 0 Å². The van der Waals surface area contributed by atoms with Crippen LogP contribution in [0.2, 0.25) is 0 Å². The smallest absolute Gasteiger partial charge is 0.317 e. The van der Waals surface area contributed by atoms with Crippen molar-refractivity contribution >= 4 is 50.0 Å². The molecule has 1 aromatic carbocycles. The number of hydrogen-bond donors (Lipinski definition) is 1. The zero-order valence-electron chi connectivity index (χ0n) is 13.1. The molecular formula is C17H14BrN3O3S. The molecule has 25 heavy (non-hydrogen) atoms. The summed E-state index contributed by atoms with van der Waals surface area (Å²) >= 11 is 4.85. The molecular weight excluding hydrogens is 406 g/mol. The van der Waals surface area contributed by atoms with Crippen LogP contribution >= 0.6 is 27.3 Å². The van der Waals surface area contributed by atoms with E-state index in [9.17, 15) is 9.59 Å². The molecule has 2 aromatic heterocycles. The van der Waals surface area contributed by atoms with Crippen LogP contribution in [0.5, 0.6) is 0 Å². The summed E-state index contributed by atoms with van der Waals surface area (Å²) in [6, 6.07) is 7.64. The van der Waals surface area contributed by atoms with Gasteiger partial charge >= 0.3 is 5.97 Å². The first kappa shape index (κ1) is 16.4. The molecule has 0 fully saturated rings. The van der Waals surface area contributed by atoms with Gasteiger partial charge in [-0.3, -0.25) is 19.1 Å². The van der Waals surface area contributed by atoms with Gasteiger partial charge in [-0.25, -0.2) is 4.98 Å². The highest BCUT2D eigenvalue weighted by molar-refractivity contribution is 9.10. The predicted molar refractivity (Wildman–Crippen MR) is 98.1 cm³/mol. The van der Waals surface area contributed by atoms with Gasteiger partial charge in [0.05, 0.1) is 17.8 Å². The molecule has 4 rings (SSSR count). The Hall–Kier alpha value is -2.03. The minimum absolute atomic E-state index is 0.0108. The maximum Gasteiger partial charge on any atom is 0.317 e. The minimum atomic E-state index is -0.839.